The lowest BCUT2D eigenvalue weighted by molar-refractivity contribution is -0.0469. The van der Waals surface area contributed by atoms with E-state index in [9.17, 15) is 5.11 Å². The molecular formula is C17H26O2. The van der Waals surface area contributed by atoms with E-state index in [-0.39, 0.29) is 0 Å². The molecule has 1 saturated carbocycles. The first-order valence-electron chi connectivity index (χ1n) is 7.44. The van der Waals surface area contributed by atoms with Crippen LogP contribution in [-0.2, 0) is 4.74 Å². The fraction of sp³-hybridized carbons (Fsp3) is 0.647. The number of hydrogen-bond donors (Lipinski definition) is 1. The SMILES string of the molecule is Cc1ccc(C)c(C(O)COC2CCCCC2C)c1. The average molecular weight is 262 g/mol. The van der Waals surface area contributed by atoms with Crippen molar-refractivity contribution in [1.82, 2.24) is 0 Å². The van der Waals surface area contributed by atoms with Crippen LogP contribution < -0.4 is 0 Å². The van der Waals surface area contributed by atoms with Crippen LogP contribution in [0.2, 0.25) is 0 Å². The molecule has 1 aliphatic carbocycles. The number of aliphatic hydroxyl groups excluding tert-OH is 1. The number of ether oxygens (including phenoxy) is 1. The van der Waals surface area contributed by atoms with Crippen LogP contribution in [0.25, 0.3) is 0 Å². The summed E-state index contributed by atoms with van der Waals surface area (Å²) in [5.74, 6) is 0.625. The van der Waals surface area contributed by atoms with Crippen molar-refractivity contribution < 1.29 is 9.84 Å². The highest BCUT2D eigenvalue weighted by Gasteiger charge is 2.23. The molecule has 2 nitrogen and oxygen atoms in total. The highest BCUT2D eigenvalue weighted by molar-refractivity contribution is 5.32. The van der Waals surface area contributed by atoms with Crippen LogP contribution in [-0.4, -0.2) is 17.8 Å². The zero-order valence-corrected chi connectivity index (χ0v) is 12.4. The highest BCUT2D eigenvalue weighted by Crippen LogP contribution is 2.28. The Hall–Kier alpha value is -0.860. The predicted molar refractivity (Wildman–Crippen MR) is 78.2 cm³/mol. The zero-order valence-electron chi connectivity index (χ0n) is 12.4. The molecule has 19 heavy (non-hydrogen) atoms. The van der Waals surface area contributed by atoms with Crippen molar-refractivity contribution in [1.29, 1.82) is 0 Å². The van der Waals surface area contributed by atoms with Gasteiger partial charge in [0.2, 0.25) is 0 Å². The van der Waals surface area contributed by atoms with Gasteiger partial charge in [-0.15, -0.1) is 0 Å². The topological polar surface area (TPSA) is 29.5 Å². The normalized spacial score (nSPS) is 25.3. The average Bonchev–Trinajstić information content (AvgIpc) is 2.40. The first-order valence-corrected chi connectivity index (χ1v) is 7.44. The summed E-state index contributed by atoms with van der Waals surface area (Å²) in [6.45, 7) is 6.77. The molecule has 0 amide bonds. The van der Waals surface area contributed by atoms with Crippen LogP contribution in [0, 0.1) is 19.8 Å². The van der Waals surface area contributed by atoms with Gasteiger partial charge in [-0.3, -0.25) is 0 Å². The third kappa shape index (κ3) is 3.80. The van der Waals surface area contributed by atoms with E-state index in [1.165, 1.54) is 24.8 Å². The van der Waals surface area contributed by atoms with Crippen molar-refractivity contribution in [2.45, 2.75) is 58.7 Å². The van der Waals surface area contributed by atoms with Crippen LogP contribution >= 0.6 is 0 Å². The Morgan fingerprint density at radius 1 is 1.26 bits per heavy atom. The summed E-state index contributed by atoms with van der Waals surface area (Å²) >= 11 is 0. The van der Waals surface area contributed by atoms with Crippen LogP contribution in [0.3, 0.4) is 0 Å². The van der Waals surface area contributed by atoms with E-state index in [0.29, 0.717) is 18.6 Å². The molecule has 0 aliphatic heterocycles. The van der Waals surface area contributed by atoms with Gasteiger partial charge in [-0.25, -0.2) is 0 Å². The van der Waals surface area contributed by atoms with Gasteiger partial charge in [0.25, 0.3) is 0 Å². The molecule has 1 aromatic carbocycles. The molecule has 0 spiro atoms. The van der Waals surface area contributed by atoms with E-state index in [1.54, 1.807) is 0 Å². The minimum atomic E-state index is -0.506. The van der Waals surface area contributed by atoms with Gasteiger partial charge < -0.3 is 9.84 Å². The molecule has 1 aromatic rings. The molecule has 0 saturated heterocycles. The Labute approximate surface area is 116 Å². The second-order valence-electron chi connectivity index (χ2n) is 6.01. The van der Waals surface area contributed by atoms with Crippen LogP contribution in [0.15, 0.2) is 18.2 Å². The second kappa shape index (κ2) is 6.53. The quantitative estimate of drug-likeness (QED) is 0.890. The molecule has 2 rings (SSSR count). The maximum atomic E-state index is 10.3. The zero-order chi connectivity index (χ0) is 13.8. The lowest BCUT2D eigenvalue weighted by atomic mass is 9.88. The summed E-state index contributed by atoms with van der Waals surface area (Å²) < 4.78 is 5.96. The Bertz CT molecular complexity index is 414. The minimum Gasteiger partial charge on any atom is -0.386 e. The molecule has 1 aliphatic rings. The number of rotatable bonds is 4. The molecule has 0 heterocycles. The van der Waals surface area contributed by atoms with E-state index < -0.39 is 6.10 Å². The largest absolute Gasteiger partial charge is 0.386 e. The fourth-order valence-electron chi connectivity index (χ4n) is 2.95. The summed E-state index contributed by atoms with van der Waals surface area (Å²) in [4.78, 5) is 0. The van der Waals surface area contributed by atoms with Crippen molar-refractivity contribution in [2.24, 2.45) is 5.92 Å². The molecule has 0 bridgehead atoms. The van der Waals surface area contributed by atoms with Gasteiger partial charge in [0, 0.05) is 0 Å². The van der Waals surface area contributed by atoms with E-state index in [4.69, 9.17) is 4.74 Å². The third-order valence-corrected chi connectivity index (χ3v) is 4.29. The van der Waals surface area contributed by atoms with Crippen molar-refractivity contribution in [3.8, 4) is 0 Å². The second-order valence-corrected chi connectivity index (χ2v) is 6.01. The van der Waals surface area contributed by atoms with E-state index >= 15 is 0 Å². The molecule has 1 fully saturated rings. The van der Waals surface area contributed by atoms with Crippen LogP contribution in [0.1, 0.15) is 55.4 Å². The summed E-state index contributed by atoms with van der Waals surface area (Å²) in [6, 6.07) is 6.21. The highest BCUT2D eigenvalue weighted by atomic mass is 16.5. The Kier molecular flexibility index (Phi) is 5.00. The Morgan fingerprint density at radius 2 is 2.00 bits per heavy atom. The van der Waals surface area contributed by atoms with Crippen molar-refractivity contribution >= 4 is 0 Å². The summed E-state index contributed by atoms with van der Waals surface area (Å²) in [6.07, 6.45) is 4.79. The molecule has 0 radical (unpaired) electrons. The van der Waals surface area contributed by atoms with E-state index in [0.717, 1.165) is 17.5 Å². The molecule has 3 atom stereocenters. The maximum absolute atomic E-state index is 10.3. The number of hydrogen-bond acceptors (Lipinski definition) is 2. The van der Waals surface area contributed by atoms with Gasteiger partial charge in [0.05, 0.1) is 12.7 Å². The van der Waals surface area contributed by atoms with Gasteiger partial charge in [-0.05, 0) is 43.7 Å². The Morgan fingerprint density at radius 3 is 2.74 bits per heavy atom. The first-order chi connectivity index (χ1) is 9.08. The summed E-state index contributed by atoms with van der Waals surface area (Å²) in [5.41, 5.74) is 3.33. The lowest BCUT2D eigenvalue weighted by Gasteiger charge is -2.29. The lowest BCUT2D eigenvalue weighted by Crippen LogP contribution is -2.27. The van der Waals surface area contributed by atoms with Gasteiger partial charge in [-0.2, -0.15) is 0 Å². The number of aliphatic hydroxyl groups is 1. The molecule has 3 unspecified atom stereocenters. The molecule has 106 valence electrons. The van der Waals surface area contributed by atoms with Crippen molar-refractivity contribution in [3.05, 3.63) is 34.9 Å². The van der Waals surface area contributed by atoms with Gasteiger partial charge in [0.1, 0.15) is 6.10 Å². The Balaban J connectivity index is 1.93. The van der Waals surface area contributed by atoms with Crippen molar-refractivity contribution in [3.63, 3.8) is 0 Å². The molecular weight excluding hydrogens is 236 g/mol. The monoisotopic (exact) mass is 262 g/mol. The molecule has 2 heteroatoms. The number of benzene rings is 1. The van der Waals surface area contributed by atoms with Gasteiger partial charge in [0.15, 0.2) is 0 Å². The smallest absolute Gasteiger partial charge is 0.103 e. The summed E-state index contributed by atoms with van der Waals surface area (Å²) in [7, 11) is 0. The third-order valence-electron chi connectivity index (χ3n) is 4.29. The van der Waals surface area contributed by atoms with Crippen LogP contribution in [0.4, 0.5) is 0 Å². The summed E-state index contributed by atoms with van der Waals surface area (Å²) in [5, 5.41) is 10.3. The molecule has 0 aromatic heterocycles. The van der Waals surface area contributed by atoms with Crippen molar-refractivity contribution in [2.75, 3.05) is 6.61 Å². The minimum absolute atomic E-state index is 0.327. The van der Waals surface area contributed by atoms with Gasteiger partial charge in [-0.1, -0.05) is 43.5 Å². The van der Waals surface area contributed by atoms with E-state index in [1.807, 2.05) is 6.92 Å². The van der Waals surface area contributed by atoms with Gasteiger partial charge >= 0.3 is 0 Å². The standard InChI is InChI=1S/C17H26O2/c1-12-8-9-13(2)15(10-12)16(18)11-19-17-7-5-4-6-14(17)3/h8-10,14,16-18H,4-7,11H2,1-3H3. The number of aryl methyl sites for hydroxylation is 2. The fourth-order valence-corrected chi connectivity index (χ4v) is 2.95. The first kappa shape index (κ1) is 14.5. The maximum Gasteiger partial charge on any atom is 0.103 e. The molecule has 1 N–H and O–H groups in total. The van der Waals surface area contributed by atoms with Crippen LogP contribution in [0.5, 0.6) is 0 Å². The van der Waals surface area contributed by atoms with E-state index in [2.05, 4.69) is 32.0 Å². The predicted octanol–water partition coefficient (Wildman–Crippen LogP) is 3.93.